The molecule has 0 atom stereocenters. The van der Waals surface area contributed by atoms with Crippen molar-refractivity contribution >= 4 is 63.0 Å². The summed E-state index contributed by atoms with van der Waals surface area (Å²) in [6.07, 6.45) is 7.07. The quantitative estimate of drug-likeness (QED) is 0.224. The smallest absolute Gasteiger partial charge is 0.326 e. The number of aromatic amines is 4. The Bertz CT molecular complexity index is 1470. The first-order valence-electron chi connectivity index (χ1n) is 10.9. The number of hydrogen-bond acceptors (Lipinski definition) is 6. The Hall–Kier alpha value is -4.59. The lowest BCUT2D eigenvalue weighted by atomic mass is 10.0. The average Bonchev–Trinajstić information content (AvgIpc) is 3.61. The number of carbonyl (C=O) groups excluding carboxylic acids is 3. The molecule has 0 unspecified atom stereocenters. The number of rotatable bonds is 5. The Labute approximate surface area is 212 Å². The number of fused-ring (bicyclic) bond motifs is 1. The number of aliphatic imine (C=N–C) groups is 1. The summed E-state index contributed by atoms with van der Waals surface area (Å²) in [5, 5.41) is 5.55. The van der Waals surface area contributed by atoms with Gasteiger partial charge in [-0.1, -0.05) is 6.08 Å². The van der Waals surface area contributed by atoms with Crippen LogP contribution in [-0.2, 0) is 4.79 Å². The third-order valence-electron chi connectivity index (χ3n) is 5.67. The van der Waals surface area contributed by atoms with Crippen molar-refractivity contribution < 1.29 is 19.4 Å². The largest absolute Gasteiger partial charge is 0.359 e. The number of nitrogens with one attached hydrogen (secondary N) is 6. The molecule has 184 valence electrons. The van der Waals surface area contributed by atoms with E-state index in [-0.39, 0.29) is 36.0 Å². The predicted octanol–water partition coefficient (Wildman–Crippen LogP) is 0.479. The summed E-state index contributed by atoms with van der Waals surface area (Å²) in [4.78, 5) is 55.1. The molecule has 5 rings (SSSR count). The molecular formula is C22H22BrN10O3+. The molecule has 0 spiro atoms. The number of hydrogen-bond donors (Lipinski definition) is 7. The van der Waals surface area contributed by atoms with E-state index in [1.54, 1.807) is 36.7 Å². The lowest BCUT2D eigenvalue weighted by Crippen LogP contribution is -2.40. The van der Waals surface area contributed by atoms with Crippen LogP contribution in [0.2, 0.25) is 0 Å². The van der Waals surface area contributed by atoms with Gasteiger partial charge in [0.05, 0.1) is 0 Å². The predicted molar refractivity (Wildman–Crippen MR) is 135 cm³/mol. The number of imidazole rings is 1. The van der Waals surface area contributed by atoms with Crippen molar-refractivity contribution in [2.24, 2.45) is 10.7 Å². The lowest BCUT2D eigenvalue weighted by Gasteiger charge is -2.10. The third kappa shape index (κ3) is 4.17. The van der Waals surface area contributed by atoms with Gasteiger partial charge in [-0.05, 0) is 46.1 Å². The van der Waals surface area contributed by atoms with Crippen molar-refractivity contribution in [1.82, 2.24) is 25.6 Å². The van der Waals surface area contributed by atoms with Crippen LogP contribution >= 0.6 is 15.9 Å². The number of nitrogen functional groups attached to an aromatic ring is 1. The first-order chi connectivity index (χ1) is 17.3. The van der Waals surface area contributed by atoms with Crippen molar-refractivity contribution in [2.45, 2.75) is 6.42 Å². The SMILES string of the molecule is NC1=N/C(=C2/CCNC(=O)c3[nH]ccc32)C(=O)N1c1[nH+]c(N)[nH]c1/C=C/CNC(=O)c1cc(Br)c[nH]1. The molecule has 10 N–H and O–H groups in total. The Morgan fingerprint density at radius 3 is 2.92 bits per heavy atom. The molecule has 0 saturated carbocycles. The van der Waals surface area contributed by atoms with Gasteiger partial charge in [-0.3, -0.25) is 19.4 Å². The fourth-order valence-corrected chi connectivity index (χ4v) is 4.41. The van der Waals surface area contributed by atoms with Crippen molar-refractivity contribution in [3.05, 3.63) is 63.4 Å². The minimum absolute atomic E-state index is 0.0429. The molecule has 3 aromatic heterocycles. The maximum Gasteiger partial charge on any atom is 0.326 e. The van der Waals surface area contributed by atoms with Crippen molar-refractivity contribution in [1.29, 1.82) is 0 Å². The fraction of sp³-hybridized carbons (Fsp3) is 0.136. The summed E-state index contributed by atoms with van der Waals surface area (Å²) in [5.41, 5.74) is 14.7. The van der Waals surface area contributed by atoms with Crippen molar-refractivity contribution in [2.75, 3.05) is 23.7 Å². The summed E-state index contributed by atoms with van der Waals surface area (Å²) in [5.74, 6) is -0.532. The highest BCUT2D eigenvalue weighted by molar-refractivity contribution is 9.10. The number of aromatic nitrogens is 4. The number of halogens is 1. The maximum absolute atomic E-state index is 13.5. The molecule has 13 nitrogen and oxygen atoms in total. The van der Waals surface area contributed by atoms with Gasteiger partial charge in [-0.2, -0.15) is 9.89 Å². The van der Waals surface area contributed by atoms with E-state index in [9.17, 15) is 14.4 Å². The van der Waals surface area contributed by atoms with Crippen molar-refractivity contribution in [3.63, 3.8) is 0 Å². The molecule has 2 aliphatic rings. The second kappa shape index (κ2) is 9.22. The van der Waals surface area contributed by atoms with E-state index in [0.717, 1.165) is 4.47 Å². The van der Waals surface area contributed by atoms with E-state index < -0.39 is 5.91 Å². The van der Waals surface area contributed by atoms with Gasteiger partial charge in [0.15, 0.2) is 5.69 Å². The zero-order chi connectivity index (χ0) is 25.4. The van der Waals surface area contributed by atoms with Gasteiger partial charge in [0.2, 0.25) is 5.82 Å². The molecule has 0 bridgehead atoms. The second-order valence-electron chi connectivity index (χ2n) is 7.98. The summed E-state index contributed by atoms with van der Waals surface area (Å²) >= 11 is 3.29. The van der Waals surface area contributed by atoms with Gasteiger partial charge < -0.3 is 32.1 Å². The average molecular weight is 554 g/mol. The Kier molecular flexibility index (Phi) is 5.93. The highest BCUT2D eigenvalue weighted by atomic mass is 79.9. The van der Waals surface area contributed by atoms with Crippen LogP contribution in [0.25, 0.3) is 11.6 Å². The third-order valence-corrected chi connectivity index (χ3v) is 6.12. The normalized spacial score (nSPS) is 17.8. The topological polar surface area (TPSA) is 204 Å². The number of amides is 3. The Morgan fingerprint density at radius 2 is 2.14 bits per heavy atom. The molecule has 0 saturated heterocycles. The van der Waals surface area contributed by atoms with Gasteiger partial charge in [-0.15, -0.1) is 0 Å². The van der Waals surface area contributed by atoms with Gasteiger partial charge in [0.25, 0.3) is 17.8 Å². The monoisotopic (exact) mass is 553 g/mol. The molecule has 0 fully saturated rings. The number of H-pyrrole nitrogens is 4. The Balaban J connectivity index is 1.38. The van der Waals surface area contributed by atoms with E-state index in [2.05, 4.69) is 51.5 Å². The number of carbonyl (C=O) groups is 3. The maximum atomic E-state index is 13.5. The van der Waals surface area contributed by atoms with Crippen LogP contribution in [0.15, 0.2) is 45.8 Å². The van der Waals surface area contributed by atoms with E-state index in [1.165, 1.54) is 4.90 Å². The minimum Gasteiger partial charge on any atom is -0.359 e. The van der Waals surface area contributed by atoms with E-state index in [0.29, 0.717) is 47.0 Å². The molecule has 3 aromatic rings. The number of guanidine groups is 1. The van der Waals surface area contributed by atoms with Crippen LogP contribution < -0.4 is 32.0 Å². The van der Waals surface area contributed by atoms with Crippen LogP contribution in [0.3, 0.4) is 0 Å². The first-order valence-corrected chi connectivity index (χ1v) is 11.7. The van der Waals surface area contributed by atoms with Gasteiger partial charge in [-0.25, -0.2) is 4.98 Å². The van der Waals surface area contributed by atoms with Gasteiger partial charge in [0.1, 0.15) is 17.1 Å². The van der Waals surface area contributed by atoms with Gasteiger partial charge in [0, 0.05) is 35.5 Å². The molecule has 3 amide bonds. The molecule has 2 aliphatic heterocycles. The van der Waals surface area contributed by atoms with Crippen molar-refractivity contribution in [3.8, 4) is 0 Å². The second-order valence-corrected chi connectivity index (χ2v) is 8.90. The fourth-order valence-electron chi connectivity index (χ4n) is 4.06. The van der Waals surface area contributed by atoms with E-state index in [4.69, 9.17) is 11.5 Å². The van der Waals surface area contributed by atoms with Crippen LogP contribution in [-0.4, -0.2) is 51.7 Å². The molecule has 14 heteroatoms. The molecule has 36 heavy (non-hydrogen) atoms. The zero-order valence-corrected chi connectivity index (χ0v) is 20.3. The summed E-state index contributed by atoms with van der Waals surface area (Å²) in [6, 6.07) is 3.40. The van der Waals surface area contributed by atoms with Crippen LogP contribution in [0.1, 0.15) is 38.7 Å². The first kappa shape index (κ1) is 23.2. The molecule has 0 aromatic carbocycles. The summed E-state index contributed by atoms with van der Waals surface area (Å²) < 4.78 is 0.772. The number of nitrogens with zero attached hydrogens (tertiary/aromatic N) is 2. The van der Waals surface area contributed by atoms with E-state index in [1.807, 2.05) is 0 Å². The highest BCUT2D eigenvalue weighted by Gasteiger charge is 2.40. The summed E-state index contributed by atoms with van der Waals surface area (Å²) in [7, 11) is 0. The molecule has 5 heterocycles. The Morgan fingerprint density at radius 1 is 1.31 bits per heavy atom. The number of anilines is 2. The minimum atomic E-state index is -0.459. The van der Waals surface area contributed by atoms with Crippen LogP contribution in [0, 0.1) is 0 Å². The molecule has 0 aliphatic carbocycles. The zero-order valence-electron chi connectivity index (χ0n) is 18.7. The van der Waals surface area contributed by atoms with Gasteiger partial charge >= 0.3 is 11.9 Å². The standard InChI is InChI=1S/C22H21BrN10O3/c23-10-8-14(29-9-10)18(34)27-5-1-2-13-17(32-21(24)30-13)33-20(36)16(31-22(33)25)12-4-7-28-19(35)15-11(12)3-6-26-15/h1-3,6,8-9,26,29H,4-5,7H2,(H2,25,31)(H,27,34)(H,28,35)(H3,24,30,32)/p+1/b2-1+,16-12-. The molecule has 0 radical (unpaired) electrons. The van der Waals surface area contributed by atoms with E-state index >= 15 is 0 Å². The number of nitrogens with two attached hydrogens (primary N) is 2. The highest BCUT2D eigenvalue weighted by Crippen LogP contribution is 2.32. The van der Waals surface area contributed by atoms with Crippen LogP contribution in [0.4, 0.5) is 11.8 Å². The molecular weight excluding hydrogens is 532 g/mol. The summed E-state index contributed by atoms with van der Waals surface area (Å²) in [6.45, 7) is 0.573. The lowest BCUT2D eigenvalue weighted by molar-refractivity contribution is -0.342. The van der Waals surface area contributed by atoms with Crippen LogP contribution in [0.5, 0.6) is 0 Å².